The molecule has 0 aromatic heterocycles. The molecule has 0 spiro atoms. The number of nitrogens with zero attached hydrogens (tertiary/aromatic N) is 1. The summed E-state index contributed by atoms with van der Waals surface area (Å²) in [7, 11) is 0. The number of hydrogen-bond donors (Lipinski definition) is 0. The van der Waals surface area contributed by atoms with E-state index in [1.165, 1.54) is 20.8 Å². The number of benzene rings is 2. The molecule has 0 saturated carbocycles. The molecule has 2 aromatic rings. The molecule has 2 aromatic carbocycles. The quantitative estimate of drug-likeness (QED) is 0.250. The second-order valence-electron chi connectivity index (χ2n) is 8.96. The molecular formula is C29H31NO9. The van der Waals surface area contributed by atoms with Gasteiger partial charge in [-0.25, -0.2) is 0 Å². The number of para-hydroxylation sites is 1. The lowest BCUT2D eigenvalue weighted by Crippen LogP contribution is -2.59. The van der Waals surface area contributed by atoms with Crippen molar-refractivity contribution in [3.63, 3.8) is 0 Å². The summed E-state index contributed by atoms with van der Waals surface area (Å²) in [6, 6.07) is 16.3. The van der Waals surface area contributed by atoms with Crippen LogP contribution in [0.5, 0.6) is 5.75 Å². The van der Waals surface area contributed by atoms with E-state index in [0.29, 0.717) is 22.4 Å². The molecule has 0 radical (unpaired) electrons. The predicted octanol–water partition coefficient (Wildman–Crippen LogP) is 3.92. The molecular weight excluding hydrogens is 506 g/mol. The Morgan fingerprint density at radius 3 is 2.15 bits per heavy atom. The summed E-state index contributed by atoms with van der Waals surface area (Å²) in [5.41, 5.74) is 1.50. The van der Waals surface area contributed by atoms with Gasteiger partial charge >= 0.3 is 17.9 Å². The Balaban J connectivity index is 2.05. The van der Waals surface area contributed by atoms with Crippen molar-refractivity contribution < 1.29 is 42.8 Å². The van der Waals surface area contributed by atoms with E-state index >= 15 is 0 Å². The van der Waals surface area contributed by atoms with Gasteiger partial charge in [0.1, 0.15) is 31.2 Å². The third kappa shape index (κ3) is 8.06. The van der Waals surface area contributed by atoms with Crippen LogP contribution in [0.2, 0.25) is 0 Å². The average Bonchev–Trinajstić information content (AvgIpc) is 2.88. The maximum absolute atomic E-state index is 12.2. The van der Waals surface area contributed by atoms with Gasteiger partial charge in [-0.1, -0.05) is 30.8 Å². The zero-order valence-electron chi connectivity index (χ0n) is 22.2. The van der Waals surface area contributed by atoms with Gasteiger partial charge in [-0.3, -0.25) is 14.4 Å². The molecule has 3 rings (SSSR count). The second-order valence-corrected chi connectivity index (χ2v) is 8.96. The van der Waals surface area contributed by atoms with Gasteiger partial charge in [0.15, 0.2) is 18.3 Å². The fraction of sp³-hybridized carbons (Fsp3) is 0.379. The Kier molecular flexibility index (Phi) is 10.1. The minimum absolute atomic E-state index is 0.0876. The Bertz CT molecular complexity index is 1240. The highest BCUT2D eigenvalue weighted by molar-refractivity contribution is 5.67. The summed E-state index contributed by atoms with van der Waals surface area (Å²) < 4.78 is 34.5. The van der Waals surface area contributed by atoms with E-state index < -0.39 is 48.4 Å². The number of rotatable bonds is 10. The van der Waals surface area contributed by atoms with Crippen molar-refractivity contribution in [1.82, 2.24) is 0 Å². The largest absolute Gasteiger partial charge is 0.489 e. The normalized spacial score (nSPS) is 22.1. The van der Waals surface area contributed by atoms with Crippen molar-refractivity contribution in [2.45, 2.75) is 64.8 Å². The molecule has 0 aliphatic carbocycles. The first-order valence-electron chi connectivity index (χ1n) is 12.2. The Hall–Kier alpha value is -4.36. The van der Waals surface area contributed by atoms with Crippen LogP contribution in [0.4, 0.5) is 0 Å². The van der Waals surface area contributed by atoms with Crippen LogP contribution >= 0.6 is 0 Å². The smallest absolute Gasteiger partial charge is 0.303 e. The maximum Gasteiger partial charge on any atom is 0.303 e. The summed E-state index contributed by atoms with van der Waals surface area (Å²) in [5, 5.41) is 9.68. The number of carbonyl (C=O) groups excluding carboxylic acids is 3. The van der Waals surface area contributed by atoms with E-state index in [2.05, 4.69) is 12.6 Å². The van der Waals surface area contributed by atoms with Gasteiger partial charge in [-0.15, -0.1) is 0 Å². The molecule has 0 amide bonds. The van der Waals surface area contributed by atoms with Gasteiger partial charge in [-0.2, -0.15) is 5.26 Å². The van der Waals surface area contributed by atoms with Gasteiger partial charge in [0.2, 0.25) is 0 Å². The Morgan fingerprint density at radius 1 is 0.897 bits per heavy atom. The fourth-order valence-electron chi connectivity index (χ4n) is 4.23. The number of carbonyl (C=O) groups is 3. The lowest BCUT2D eigenvalue weighted by molar-refractivity contribution is -0.251. The van der Waals surface area contributed by atoms with Crippen molar-refractivity contribution in [1.29, 1.82) is 5.26 Å². The van der Waals surface area contributed by atoms with Gasteiger partial charge in [0, 0.05) is 26.3 Å². The molecule has 1 heterocycles. The van der Waals surface area contributed by atoms with Crippen LogP contribution in [0.15, 0.2) is 60.9 Å². The van der Waals surface area contributed by atoms with Gasteiger partial charge in [-0.05, 0) is 36.8 Å². The van der Waals surface area contributed by atoms with Crippen LogP contribution < -0.4 is 4.74 Å². The van der Waals surface area contributed by atoms with E-state index in [4.69, 9.17) is 28.4 Å². The van der Waals surface area contributed by atoms with E-state index in [9.17, 15) is 19.6 Å². The van der Waals surface area contributed by atoms with Crippen molar-refractivity contribution >= 4 is 17.9 Å². The average molecular weight is 538 g/mol. The topological polar surface area (TPSA) is 130 Å². The van der Waals surface area contributed by atoms with Crippen LogP contribution in [-0.4, -0.2) is 48.9 Å². The lowest BCUT2D eigenvalue weighted by Gasteiger charge is -2.45. The molecule has 1 aliphatic heterocycles. The molecule has 1 aliphatic rings. The summed E-state index contributed by atoms with van der Waals surface area (Å²) in [6.45, 7) is 8.90. The number of esters is 3. The minimum atomic E-state index is -1.10. The van der Waals surface area contributed by atoms with Crippen molar-refractivity contribution in [3.05, 3.63) is 77.6 Å². The molecule has 1 saturated heterocycles. The summed E-state index contributed by atoms with van der Waals surface area (Å²) >= 11 is 0. The number of ether oxygens (including phenoxy) is 6. The van der Waals surface area contributed by atoms with Crippen LogP contribution in [0.25, 0.3) is 0 Å². The second kappa shape index (κ2) is 13.4. The van der Waals surface area contributed by atoms with Crippen LogP contribution in [0, 0.1) is 11.3 Å². The highest BCUT2D eigenvalue weighted by Crippen LogP contribution is 2.39. The molecule has 206 valence electrons. The van der Waals surface area contributed by atoms with Crippen molar-refractivity contribution in [3.8, 4) is 11.8 Å². The standard InChI is InChI=1S/C29H31NO9/c1-17(2)36-29-27(37-19(4)32)25(16-34-18(3)31)39-26(28(29)38-20(5)33)21-11-12-22(14-30)23(13-21)15-35-24-9-7-6-8-10-24/h6-13,25-29H,1,15-16H2,2-5H3/t25?,26-,27+,28-,29-/m0/s1. The van der Waals surface area contributed by atoms with Crippen molar-refractivity contribution in [2.24, 2.45) is 0 Å². The molecule has 1 unspecified atom stereocenters. The molecule has 0 bridgehead atoms. The van der Waals surface area contributed by atoms with Crippen LogP contribution in [0.3, 0.4) is 0 Å². The van der Waals surface area contributed by atoms with E-state index in [-0.39, 0.29) is 19.0 Å². The fourth-order valence-corrected chi connectivity index (χ4v) is 4.23. The third-order valence-electron chi connectivity index (χ3n) is 5.74. The first-order valence-corrected chi connectivity index (χ1v) is 12.2. The Labute approximate surface area is 227 Å². The summed E-state index contributed by atoms with van der Waals surface area (Å²) in [5.74, 6) is -0.914. The highest BCUT2D eigenvalue weighted by atomic mass is 16.6. The molecule has 39 heavy (non-hydrogen) atoms. The van der Waals surface area contributed by atoms with Gasteiger partial charge < -0.3 is 28.4 Å². The minimum Gasteiger partial charge on any atom is -0.489 e. The highest BCUT2D eigenvalue weighted by Gasteiger charge is 2.52. The summed E-state index contributed by atoms with van der Waals surface area (Å²) in [6.07, 6.45) is -5.16. The zero-order chi connectivity index (χ0) is 28.5. The molecule has 10 heteroatoms. The first kappa shape index (κ1) is 29.2. The monoisotopic (exact) mass is 537 g/mol. The van der Waals surface area contributed by atoms with Crippen molar-refractivity contribution in [2.75, 3.05) is 6.61 Å². The summed E-state index contributed by atoms with van der Waals surface area (Å²) in [4.78, 5) is 35.8. The number of nitriles is 1. The molecule has 0 N–H and O–H groups in total. The maximum atomic E-state index is 12.2. The number of hydrogen-bond acceptors (Lipinski definition) is 10. The number of allylic oxidation sites excluding steroid dienone is 1. The molecule has 5 atom stereocenters. The first-order chi connectivity index (χ1) is 18.6. The van der Waals surface area contributed by atoms with Crippen LogP contribution in [-0.2, 0) is 44.7 Å². The SMILES string of the molecule is C=C(C)O[C@@H]1[C@@H](OC(C)=O)[C@H](c2ccc(C#N)c(COc3ccccc3)c2)OC(COC(C)=O)[C@H]1OC(C)=O. The Morgan fingerprint density at radius 2 is 1.56 bits per heavy atom. The van der Waals surface area contributed by atoms with E-state index in [1.807, 2.05) is 18.2 Å². The van der Waals surface area contributed by atoms with E-state index in [1.54, 1.807) is 37.3 Å². The van der Waals surface area contributed by atoms with E-state index in [0.717, 1.165) is 0 Å². The van der Waals surface area contributed by atoms with Crippen LogP contribution in [0.1, 0.15) is 50.5 Å². The van der Waals surface area contributed by atoms with Gasteiger partial charge in [0.25, 0.3) is 0 Å². The van der Waals surface area contributed by atoms with Gasteiger partial charge in [0.05, 0.1) is 17.4 Å². The predicted molar refractivity (Wildman–Crippen MR) is 137 cm³/mol. The molecule has 10 nitrogen and oxygen atoms in total. The third-order valence-corrected chi connectivity index (χ3v) is 5.74. The lowest BCUT2D eigenvalue weighted by atomic mass is 9.89. The molecule has 1 fully saturated rings. The zero-order valence-corrected chi connectivity index (χ0v) is 22.2.